The number of Topliss-reactive ketones (excluding diaryl/α,β-unsaturated/α-hetero) is 1. The van der Waals surface area contributed by atoms with Crippen molar-refractivity contribution in [2.75, 3.05) is 0 Å². The number of aryl methyl sites for hydroxylation is 2. The zero-order chi connectivity index (χ0) is 23.1. The minimum atomic E-state index is -0.908. The van der Waals surface area contributed by atoms with Gasteiger partial charge in [-0.25, -0.2) is 9.97 Å². The predicted molar refractivity (Wildman–Crippen MR) is 124 cm³/mol. The number of aromatic nitrogens is 3. The first-order chi connectivity index (χ1) is 15.4. The molecule has 1 atom stereocenters. The third-order valence-electron chi connectivity index (χ3n) is 5.65. The minimum Gasteiger partial charge on any atom is -0.481 e. The first-order valence-electron chi connectivity index (χ1n) is 10.9. The van der Waals surface area contributed by atoms with E-state index in [-0.39, 0.29) is 24.5 Å². The smallest absolute Gasteiger partial charge is 0.303 e. The average Bonchev–Trinajstić information content (AvgIpc) is 3.36. The highest BCUT2D eigenvalue weighted by Gasteiger charge is 2.24. The standard InChI is InChI=1S/C24H28N4O3S/c1-16(12-22(30)31)11-20(29)23-18-13-17(14-25)15-27-24(18)28(2)19(23)7-5-3-4-6-8-21-26-9-10-32-21/h9-10,13,15-16H,3-8,11-12H2,1-2H3,(H,30,31). The van der Waals surface area contributed by atoms with Gasteiger partial charge in [-0.05, 0) is 37.7 Å². The number of hydrogen-bond acceptors (Lipinski definition) is 6. The van der Waals surface area contributed by atoms with Gasteiger partial charge in [0, 0.05) is 54.3 Å². The van der Waals surface area contributed by atoms with Crippen LogP contribution in [-0.2, 0) is 24.7 Å². The summed E-state index contributed by atoms with van der Waals surface area (Å²) in [7, 11) is 1.90. The maximum Gasteiger partial charge on any atom is 0.303 e. The van der Waals surface area contributed by atoms with Crippen LogP contribution < -0.4 is 0 Å². The highest BCUT2D eigenvalue weighted by Crippen LogP contribution is 2.29. The molecule has 7 nitrogen and oxygen atoms in total. The van der Waals surface area contributed by atoms with Crippen molar-refractivity contribution in [3.63, 3.8) is 0 Å². The number of unbranched alkanes of at least 4 members (excludes halogenated alkanes) is 3. The molecule has 0 aliphatic heterocycles. The second-order valence-corrected chi connectivity index (χ2v) is 9.24. The van der Waals surface area contributed by atoms with Crippen LogP contribution in [0, 0.1) is 17.2 Å². The van der Waals surface area contributed by atoms with Crippen molar-refractivity contribution in [1.29, 1.82) is 5.26 Å². The van der Waals surface area contributed by atoms with Crippen LogP contribution in [0.2, 0.25) is 0 Å². The first-order valence-corrected chi connectivity index (χ1v) is 11.8. The Morgan fingerprint density at radius 3 is 2.59 bits per heavy atom. The zero-order valence-electron chi connectivity index (χ0n) is 18.5. The highest BCUT2D eigenvalue weighted by atomic mass is 32.1. The second-order valence-electron chi connectivity index (χ2n) is 8.26. The second kappa shape index (κ2) is 11.0. The number of rotatable bonds is 12. The summed E-state index contributed by atoms with van der Waals surface area (Å²) in [6, 6.07) is 3.81. The number of carboxylic acid groups (broad SMARTS) is 1. The van der Waals surface area contributed by atoms with Crippen molar-refractivity contribution in [3.8, 4) is 6.07 Å². The Balaban J connectivity index is 1.75. The number of ketones is 1. The molecule has 0 aliphatic rings. The summed E-state index contributed by atoms with van der Waals surface area (Å²) < 4.78 is 1.95. The molecule has 0 saturated carbocycles. The molecule has 0 radical (unpaired) electrons. The van der Waals surface area contributed by atoms with E-state index in [9.17, 15) is 14.9 Å². The number of nitrogens with zero attached hydrogens (tertiary/aromatic N) is 4. The van der Waals surface area contributed by atoms with Crippen LogP contribution in [-0.4, -0.2) is 31.4 Å². The van der Waals surface area contributed by atoms with E-state index in [0.717, 1.165) is 44.2 Å². The SMILES string of the molecule is CC(CC(=O)O)CC(=O)c1c(CCCCCCc2nccs2)n(C)c2ncc(C#N)cc12. The molecule has 0 saturated heterocycles. The zero-order valence-corrected chi connectivity index (χ0v) is 19.3. The minimum absolute atomic E-state index is 0.0490. The Morgan fingerprint density at radius 2 is 1.94 bits per heavy atom. The molecule has 3 heterocycles. The number of aliphatic carboxylic acids is 1. The maximum absolute atomic E-state index is 13.2. The van der Waals surface area contributed by atoms with Crippen molar-refractivity contribution in [2.45, 2.75) is 58.3 Å². The molecule has 0 amide bonds. The van der Waals surface area contributed by atoms with Crippen molar-refractivity contribution in [2.24, 2.45) is 13.0 Å². The molecule has 0 bridgehead atoms. The summed E-state index contributed by atoms with van der Waals surface area (Å²) in [5.41, 5.74) is 2.59. The molecular formula is C24H28N4O3S. The van der Waals surface area contributed by atoms with Crippen LogP contribution in [0.25, 0.3) is 11.0 Å². The highest BCUT2D eigenvalue weighted by molar-refractivity contribution is 7.09. The fourth-order valence-corrected chi connectivity index (χ4v) is 4.77. The summed E-state index contributed by atoms with van der Waals surface area (Å²) in [5, 5.41) is 22.2. The molecule has 8 heteroatoms. The van der Waals surface area contributed by atoms with Crippen LogP contribution in [0.15, 0.2) is 23.8 Å². The van der Waals surface area contributed by atoms with Gasteiger partial charge in [0.2, 0.25) is 0 Å². The Hall–Kier alpha value is -3.05. The molecule has 3 rings (SSSR count). The Morgan fingerprint density at radius 1 is 1.19 bits per heavy atom. The van der Waals surface area contributed by atoms with Gasteiger partial charge in [0.15, 0.2) is 5.78 Å². The van der Waals surface area contributed by atoms with Gasteiger partial charge < -0.3 is 9.67 Å². The number of thiazole rings is 1. The number of carbonyl (C=O) groups excluding carboxylic acids is 1. The maximum atomic E-state index is 13.2. The molecule has 168 valence electrons. The molecule has 3 aromatic heterocycles. The first kappa shape index (κ1) is 23.6. The third kappa shape index (κ3) is 5.80. The number of carbonyl (C=O) groups is 2. The Bertz CT molecular complexity index is 1130. The molecule has 3 aromatic rings. The largest absolute Gasteiger partial charge is 0.481 e. The lowest BCUT2D eigenvalue weighted by atomic mass is 9.94. The van der Waals surface area contributed by atoms with E-state index in [2.05, 4.69) is 16.0 Å². The average molecular weight is 453 g/mol. The third-order valence-corrected chi connectivity index (χ3v) is 6.49. The lowest BCUT2D eigenvalue weighted by Gasteiger charge is -2.10. The van der Waals surface area contributed by atoms with Crippen LogP contribution in [0.3, 0.4) is 0 Å². The molecule has 1 N–H and O–H groups in total. The van der Waals surface area contributed by atoms with Crippen molar-refractivity contribution >= 4 is 34.1 Å². The molecule has 0 aliphatic carbocycles. The number of nitriles is 1. The van der Waals surface area contributed by atoms with Gasteiger partial charge in [-0.2, -0.15) is 5.26 Å². The van der Waals surface area contributed by atoms with Crippen LogP contribution in [0.5, 0.6) is 0 Å². The van der Waals surface area contributed by atoms with E-state index in [4.69, 9.17) is 5.11 Å². The van der Waals surface area contributed by atoms with Crippen molar-refractivity contribution in [1.82, 2.24) is 14.5 Å². The summed E-state index contributed by atoms with van der Waals surface area (Å²) in [5.74, 6) is -1.25. The summed E-state index contributed by atoms with van der Waals surface area (Å²) in [4.78, 5) is 33.0. The van der Waals surface area contributed by atoms with Gasteiger partial charge in [-0.3, -0.25) is 9.59 Å². The number of fused-ring (bicyclic) bond motifs is 1. The molecule has 0 aromatic carbocycles. The predicted octanol–water partition coefficient (Wildman–Crippen LogP) is 4.93. The Labute approximate surface area is 191 Å². The van der Waals surface area contributed by atoms with Gasteiger partial charge >= 0.3 is 5.97 Å². The van der Waals surface area contributed by atoms with Crippen LogP contribution in [0.1, 0.15) is 72.1 Å². The quantitative estimate of drug-likeness (QED) is 0.308. The van der Waals surface area contributed by atoms with Gasteiger partial charge in [0.1, 0.15) is 11.7 Å². The van der Waals surface area contributed by atoms with E-state index in [1.807, 2.05) is 23.2 Å². The topological polar surface area (TPSA) is 109 Å². The van der Waals surface area contributed by atoms with Gasteiger partial charge in [-0.15, -0.1) is 11.3 Å². The van der Waals surface area contributed by atoms with E-state index < -0.39 is 5.97 Å². The molecule has 1 unspecified atom stereocenters. The number of pyridine rings is 1. The van der Waals surface area contributed by atoms with E-state index in [1.54, 1.807) is 24.3 Å². The molecule has 0 spiro atoms. The monoisotopic (exact) mass is 452 g/mol. The number of hydrogen-bond donors (Lipinski definition) is 1. The van der Waals surface area contributed by atoms with Crippen molar-refractivity contribution < 1.29 is 14.7 Å². The summed E-state index contributed by atoms with van der Waals surface area (Å²) in [6.45, 7) is 1.78. The van der Waals surface area contributed by atoms with Crippen LogP contribution >= 0.6 is 11.3 Å². The van der Waals surface area contributed by atoms with Gasteiger partial charge in [0.05, 0.1) is 10.6 Å². The van der Waals surface area contributed by atoms with E-state index in [0.29, 0.717) is 22.2 Å². The summed E-state index contributed by atoms with van der Waals surface area (Å²) in [6.07, 6.45) is 9.37. The van der Waals surface area contributed by atoms with Crippen molar-refractivity contribution in [3.05, 3.63) is 45.7 Å². The van der Waals surface area contributed by atoms with Gasteiger partial charge in [0.25, 0.3) is 0 Å². The molecule has 0 fully saturated rings. The Kier molecular flexibility index (Phi) is 8.12. The normalized spacial score (nSPS) is 12.0. The number of carboxylic acids is 1. The fourth-order valence-electron chi connectivity index (χ4n) is 4.11. The van der Waals surface area contributed by atoms with E-state index >= 15 is 0 Å². The van der Waals surface area contributed by atoms with Gasteiger partial charge in [-0.1, -0.05) is 19.8 Å². The van der Waals surface area contributed by atoms with Crippen LogP contribution in [0.4, 0.5) is 0 Å². The van der Waals surface area contributed by atoms with E-state index in [1.165, 1.54) is 11.2 Å². The molecular weight excluding hydrogens is 424 g/mol. The lowest BCUT2D eigenvalue weighted by Crippen LogP contribution is -2.12. The lowest BCUT2D eigenvalue weighted by molar-refractivity contribution is -0.137. The molecule has 32 heavy (non-hydrogen) atoms. The summed E-state index contributed by atoms with van der Waals surface area (Å²) >= 11 is 1.69. The fraction of sp³-hybridized carbons (Fsp3) is 0.458.